The van der Waals surface area contributed by atoms with Gasteiger partial charge in [-0.25, -0.2) is 10.1 Å². The highest BCUT2D eigenvalue weighted by atomic mass is 16.5. The molecule has 0 radical (unpaired) electrons. The van der Waals surface area contributed by atoms with Gasteiger partial charge < -0.3 is 9.47 Å². The Kier molecular flexibility index (Phi) is 6.46. The Bertz CT molecular complexity index is 1170. The highest BCUT2D eigenvalue weighted by Crippen LogP contribution is 2.24. The third-order valence-corrected chi connectivity index (χ3v) is 4.64. The van der Waals surface area contributed by atoms with Crippen molar-refractivity contribution in [1.82, 2.24) is 15.2 Å². The van der Waals surface area contributed by atoms with Gasteiger partial charge >= 0.3 is 0 Å². The van der Waals surface area contributed by atoms with E-state index in [2.05, 4.69) is 15.6 Å². The maximum Gasteiger partial charge on any atom is 0.292 e. The second kappa shape index (κ2) is 9.21. The van der Waals surface area contributed by atoms with Gasteiger partial charge in [0.2, 0.25) is 0 Å². The molecule has 1 aromatic heterocycles. The second-order valence-corrected chi connectivity index (χ2v) is 6.63. The molecule has 0 unspecified atom stereocenters. The van der Waals surface area contributed by atoms with Crippen molar-refractivity contribution in [1.29, 1.82) is 0 Å². The summed E-state index contributed by atoms with van der Waals surface area (Å²) in [7, 11) is 3.13. The van der Waals surface area contributed by atoms with Crippen molar-refractivity contribution >= 4 is 22.4 Å². The van der Waals surface area contributed by atoms with Crippen molar-refractivity contribution in [3.8, 4) is 11.5 Å². The highest BCUT2D eigenvalue weighted by Gasteiger charge is 2.17. The first-order valence-electron chi connectivity index (χ1n) is 9.57. The van der Waals surface area contributed by atoms with Crippen molar-refractivity contribution in [3.63, 3.8) is 0 Å². The number of hydrogen-bond donors (Lipinski definition) is 1. The minimum Gasteiger partial charge on any atom is -0.497 e. The lowest BCUT2D eigenvalue weighted by molar-refractivity contribution is 0.0949. The number of nitrogens with one attached hydrogen (secondary N) is 1. The Labute approximate surface area is 174 Å². The number of nitrogens with zero attached hydrogens (tertiary/aromatic N) is 3. The fourth-order valence-corrected chi connectivity index (χ4v) is 3.11. The number of rotatable bonds is 7. The first-order chi connectivity index (χ1) is 14.5. The molecule has 0 aliphatic heterocycles. The van der Waals surface area contributed by atoms with E-state index >= 15 is 0 Å². The van der Waals surface area contributed by atoms with Crippen LogP contribution in [0.4, 0.5) is 0 Å². The minimum atomic E-state index is -0.503. The van der Waals surface area contributed by atoms with Crippen LogP contribution >= 0.6 is 0 Å². The third kappa shape index (κ3) is 4.17. The molecular weight excluding hydrogens is 384 g/mol. The zero-order chi connectivity index (χ0) is 21.7. The lowest BCUT2D eigenvalue weighted by atomic mass is 10.1. The summed E-state index contributed by atoms with van der Waals surface area (Å²) >= 11 is 0. The van der Waals surface area contributed by atoms with Crippen LogP contribution in [-0.4, -0.2) is 35.6 Å². The van der Waals surface area contributed by atoms with Crippen LogP contribution in [0.15, 0.2) is 52.4 Å². The van der Waals surface area contributed by atoms with Gasteiger partial charge in [0.1, 0.15) is 11.5 Å². The van der Waals surface area contributed by atoms with Crippen LogP contribution in [0.1, 0.15) is 36.3 Å². The molecule has 0 saturated carbocycles. The van der Waals surface area contributed by atoms with E-state index in [0.717, 1.165) is 6.42 Å². The van der Waals surface area contributed by atoms with Gasteiger partial charge in [-0.2, -0.15) is 10.2 Å². The number of ether oxygens (including phenoxy) is 2. The molecule has 2 aromatic carbocycles. The van der Waals surface area contributed by atoms with E-state index in [-0.39, 0.29) is 11.3 Å². The summed E-state index contributed by atoms with van der Waals surface area (Å²) in [6, 6.07) is 12.2. The molecule has 1 amide bonds. The Hall–Kier alpha value is -3.68. The molecule has 1 N–H and O–H groups in total. The predicted molar refractivity (Wildman–Crippen MR) is 116 cm³/mol. The standard InChI is InChI=1S/C22H24N4O4/c1-5-12-26-22(28)17-9-7-6-8-16(17)20(25-26)21(27)24-23-14(2)18-13-15(29-3)10-11-19(18)30-4/h6-11,13H,5,12H2,1-4H3,(H,24,27)/b23-14-. The van der Waals surface area contributed by atoms with Gasteiger partial charge in [-0.3, -0.25) is 9.59 Å². The molecule has 1 heterocycles. The van der Waals surface area contributed by atoms with Gasteiger partial charge in [-0.1, -0.05) is 25.1 Å². The molecule has 0 saturated heterocycles. The average molecular weight is 408 g/mol. The SMILES string of the molecule is CCCn1nc(C(=O)N/N=C(/C)c2cc(OC)ccc2OC)c2ccccc2c1=O. The Morgan fingerprint density at radius 2 is 1.87 bits per heavy atom. The van der Waals surface area contributed by atoms with E-state index in [1.165, 1.54) is 4.68 Å². The van der Waals surface area contributed by atoms with E-state index in [0.29, 0.717) is 40.1 Å². The van der Waals surface area contributed by atoms with Crippen LogP contribution in [0.3, 0.4) is 0 Å². The second-order valence-electron chi connectivity index (χ2n) is 6.63. The number of aromatic nitrogens is 2. The van der Waals surface area contributed by atoms with Crippen molar-refractivity contribution in [2.45, 2.75) is 26.8 Å². The Morgan fingerprint density at radius 1 is 1.13 bits per heavy atom. The fraction of sp³-hybridized carbons (Fsp3) is 0.273. The predicted octanol–water partition coefficient (Wildman–Crippen LogP) is 2.98. The molecule has 0 spiro atoms. The Morgan fingerprint density at radius 3 is 2.53 bits per heavy atom. The summed E-state index contributed by atoms with van der Waals surface area (Å²) in [5.74, 6) is 0.745. The van der Waals surface area contributed by atoms with Gasteiger partial charge in [0.25, 0.3) is 11.5 Å². The van der Waals surface area contributed by atoms with Gasteiger partial charge in [0.15, 0.2) is 5.69 Å². The first-order valence-corrected chi connectivity index (χ1v) is 9.57. The molecule has 30 heavy (non-hydrogen) atoms. The number of hydrazone groups is 1. The van der Waals surface area contributed by atoms with Crippen LogP contribution in [-0.2, 0) is 6.54 Å². The number of fused-ring (bicyclic) bond motifs is 1. The summed E-state index contributed by atoms with van der Waals surface area (Å²) < 4.78 is 11.9. The van der Waals surface area contributed by atoms with Gasteiger partial charge in [0.05, 0.1) is 25.3 Å². The van der Waals surface area contributed by atoms with Gasteiger partial charge in [-0.15, -0.1) is 0 Å². The summed E-state index contributed by atoms with van der Waals surface area (Å²) in [5, 5.41) is 9.42. The number of hydrogen-bond acceptors (Lipinski definition) is 6. The summed E-state index contributed by atoms with van der Waals surface area (Å²) in [4.78, 5) is 25.5. The van der Waals surface area contributed by atoms with Crippen LogP contribution in [0.25, 0.3) is 10.8 Å². The number of carbonyl (C=O) groups is 1. The molecule has 0 aliphatic rings. The smallest absolute Gasteiger partial charge is 0.292 e. The molecule has 0 bridgehead atoms. The Balaban J connectivity index is 1.98. The highest BCUT2D eigenvalue weighted by molar-refractivity contribution is 6.06. The molecule has 8 nitrogen and oxygen atoms in total. The zero-order valence-electron chi connectivity index (χ0n) is 17.4. The number of amides is 1. The topological polar surface area (TPSA) is 94.8 Å². The molecule has 3 rings (SSSR count). The lowest BCUT2D eigenvalue weighted by Gasteiger charge is -2.11. The number of carbonyl (C=O) groups excluding carboxylic acids is 1. The first kappa shape index (κ1) is 21.0. The maximum absolute atomic E-state index is 12.9. The largest absolute Gasteiger partial charge is 0.497 e. The van der Waals surface area contributed by atoms with Crippen LogP contribution < -0.4 is 20.5 Å². The van der Waals surface area contributed by atoms with Crippen LogP contribution in [0, 0.1) is 0 Å². The molecule has 156 valence electrons. The van der Waals surface area contributed by atoms with E-state index < -0.39 is 5.91 Å². The number of methoxy groups -OCH3 is 2. The molecule has 0 fully saturated rings. The number of benzene rings is 2. The van der Waals surface area contributed by atoms with Crippen LogP contribution in [0.2, 0.25) is 0 Å². The normalized spacial score (nSPS) is 11.4. The van der Waals surface area contributed by atoms with Gasteiger partial charge in [0, 0.05) is 17.5 Å². The van der Waals surface area contributed by atoms with E-state index in [1.807, 2.05) is 6.92 Å². The third-order valence-electron chi connectivity index (χ3n) is 4.64. The van der Waals surface area contributed by atoms with Crippen molar-refractivity contribution < 1.29 is 14.3 Å². The van der Waals surface area contributed by atoms with E-state index in [4.69, 9.17) is 9.47 Å². The molecule has 8 heteroatoms. The molecule has 0 atom stereocenters. The molecular formula is C22H24N4O4. The summed E-state index contributed by atoms with van der Waals surface area (Å²) in [6.07, 6.45) is 0.721. The molecule has 0 aliphatic carbocycles. The minimum absolute atomic E-state index is 0.146. The summed E-state index contributed by atoms with van der Waals surface area (Å²) in [5.41, 5.74) is 3.69. The average Bonchev–Trinajstić information content (AvgIpc) is 2.78. The quantitative estimate of drug-likeness (QED) is 0.479. The van der Waals surface area contributed by atoms with E-state index in [1.54, 1.807) is 63.6 Å². The maximum atomic E-state index is 12.9. The summed E-state index contributed by atoms with van der Waals surface area (Å²) in [6.45, 7) is 4.12. The van der Waals surface area contributed by atoms with Crippen molar-refractivity contribution in [2.75, 3.05) is 14.2 Å². The monoisotopic (exact) mass is 408 g/mol. The van der Waals surface area contributed by atoms with Crippen LogP contribution in [0.5, 0.6) is 11.5 Å². The van der Waals surface area contributed by atoms with E-state index in [9.17, 15) is 9.59 Å². The zero-order valence-corrected chi connectivity index (χ0v) is 17.4. The lowest BCUT2D eigenvalue weighted by Crippen LogP contribution is -2.29. The van der Waals surface area contributed by atoms with Crippen molar-refractivity contribution in [2.24, 2.45) is 5.10 Å². The number of aryl methyl sites for hydroxylation is 1. The van der Waals surface area contributed by atoms with Gasteiger partial charge in [-0.05, 0) is 37.6 Å². The fourth-order valence-electron chi connectivity index (χ4n) is 3.11. The molecule has 3 aromatic rings. The van der Waals surface area contributed by atoms with Crippen molar-refractivity contribution in [3.05, 3.63) is 64.1 Å².